The minimum absolute atomic E-state index is 0.00794. The van der Waals surface area contributed by atoms with E-state index < -0.39 is 21.9 Å². The molecule has 1 fully saturated rings. The number of rotatable bonds is 3. The van der Waals surface area contributed by atoms with Crippen molar-refractivity contribution in [2.24, 2.45) is 5.73 Å². The molecule has 1 aromatic rings. The van der Waals surface area contributed by atoms with E-state index in [-0.39, 0.29) is 17.5 Å². The zero-order chi connectivity index (χ0) is 14.0. The zero-order valence-electron chi connectivity index (χ0n) is 10.0. The summed E-state index contributed by atoms with van der Waals surface area (Å²) in [5, 5.41) is 0. The predicted octanol–water partition coefficient (Wildman–Crippen LogP) is 0.257. The van der Waals surface area contributed by atoms with Crippen LogP contribution < -0.4 is 10.5 Å². The maximum absolute atomic E-state index is 12.7. The maximum Gasteiger partial charge on any atom is 0.314 e. The minimum Gasteiger partial charge on any atom is -0.351 e. The van der Waals surface area contributed by atoms with Gasteiger partial charge in [0.15, 0.2) is 0 Å². The second-order valence-corrected chi connectivity index (χ2v) is 6.06. The molecule has 0 radical (unpaired) electrons. The average Bonchev–Trinajstić information content (AvgIpc) is 2.77. The van der Waals surface area contributed by atoms with Crippen molar-refractivity contribution in [1.82, 2.24) is 9.62 Å². The van der Waals surface area contributed by atoms with Crippen LogP contribution in [0.4, 0.5) is 9.18 Å². The molecule has 0 saturated carbocycles. The highest BCUT2D eigenvalue weighted by Crippen LogP contribution is 2.14. The van der Waals surface area contributed by atoms with Gasteiger partial charge in [0.25, 0.3) is 0 Å². The smallest absolute Gasteiger partial charge is 0.314 e. The fourth-order valence-electron chi connectivity index (χ4n) is 1.96. The Kier molecular flexibility index (Phi) is 3.72. The topological polar surface area (TPSA) is 92.5 Å². The van der Waals surface area contributed by atoms with Gasteiger partial charge >= 0.3 is 6.03 Å². The molecule has 104 valence electrons. The molecule has 1 heterocycles. The number of amides is 2. The lowest BCUT2D eigenvalue weighted by atomic mass is 10.3. The zero-order valence-corrected chi connectivity index (χ0v) is 10.9. The normalized spacial score (nSPS) is 19.6. The van der Waals surface area contributed by atoms with E-state index in [2.05, 4.69) is 4.72 Å². The molecule has 1 aliphatic heterocycles. The average molecular weight is 287 g/mol. The van der Waals surface area contributed by atoms with E-state index >= 15 is 0 Å². The highest BCUT2D eigenvalue weighted by molar-refractivity contribution is 7.89. The SMILES string of the molecule is NC(=O)N1CCC(NS(=O)(=O)c2ccc(F)cc2)C1. The van der Waals surface area contributed by atoms with Gasteiger partial charge < -0.3 is 10.6 Å². The van der Waals surface area contributed by atoms with Crippen LogP contribution in [0.5, 0.6) is 0 Å². The molecule has 0 aromatic heterocycles. The monoisotopic (exact) mass is 287 g/mol. The maximum atomic E-state index is 12.7. The van der Waals surface area contributed by atoms with E-state index in [9.17, 15) is 17.6 Å². The first kappa shape index (κ1) is 13.8. The molecule has 19 heavy (non-hydrogen) atoms. The molecule has 6 nitrogen and oxygen atoms in total. The molecule has 0 spiro atoms. The summed E-state index contributed by atoms with van der Waals surface area (Å²) in [6.07, 6.45) is 0.503. The van der Waals surface area contributed by atoms with Gasteiger partial charge in [0.1, 0.15) is 5.82 Å². The molecule has 2 amide bonds. The van der Waals surface area contributed by atoms with Gasteiger partial charge in [0.05, 0.1) is 4.90 Å². The number of primary amides is 1. The van der Waals surface area contributed by atoms with Gasteiger partial charge in [0.2, 0.25) is 10.0 Å². The van der Waals surface area contributed by atoms with Crippen molar-refractivity contribution in [2.75, 3.05) is 13.1 Å². The molecule has 1 saturated heterocycles. The Labute approximate surface area is 110 Å². The number of nitrogens with two attached hydrogens (primary N) is 1. The van der Waals surface area contributed by atoms with Crippen LogP contribution in [0.15, 0.2) is 29.2 Å². The van der Waals surface area contributed by atoms with Crippen LogP contribution in [0.2, 0.25) is 0 Å². The summed E-state index contributed by atoms with van der Waals surface area (Å²) >= 11 is 0. The molecule has 2 rings (SSSR count). The third-order valence-corrected chi connectivity index (χ3v) is 4.48. The summed E-state index contributed by atoms with van der Waals surface area (Å²) in [7, 11) is -3.71. The predicted molar refractivity (Wildman–Crippen MR) is 66.3 cm³/mol. The van der Waals surface area contributed by atoms with Crippen molar-refractivity contribution < 1.29 is 17.6 Å². The van der Waals surface area contributed by atoms with Gasteiger partial charge in [-0.25, -0.2) is 22.3 Å². The number of nitrogens with one attached hydrogen (secondary N) is 1. The highest BCUT2D eigenvalue weighted by Gasteiger charge is 2.28. The van der Waals surface area contributed by atoms with E-state index in [4.69, 9.17) is 5.73 Å². The molecule has 1 aromatic carbocycles. The van der Waals surface area contributed by atoms with E-state index in [0.29, 0.717) is 13.0 Å². The lowest BCUT2D eigenvalue weighted by molar-refractivity contribution is 0.217. The van der Waals surface area contributed by atoms with Crippen LogP contribution in [0.25, 0.3) is 0 Å². The van der Waals surface area contributed by atoms with Crippen molar-refractivity contribution in [3.63, 3.8) is 0 Å². The van der Waals surface area contributed by atoms with Crippen LogP contribution >= 0.6 is 0 Å². The Hall–Kier alpha value is -1.67. The van der Waals surface area contributed by atoms with Gasteiger partial charge in [-0.15, -0.1) is 0 Å². The Morgan fingerprint density at radius 1 is 1.37 bits per heavy atom. The number of benzene rings is 1. The molecular formula is C11H14FN3O3S. The Morgan fingerprint density at radius 3 is 2.53 bits per heavy atom. The first-order chi connectivity index (χ1) is 8.88. The second-order valence-electron chi connectivity index (χ2n) is 4.35. The Bertz CT molecular complexity index is 573. The summed E-state index contributed by atoms with van der Waals surface area (Å²) in [6.45, 7) is 0.668. The highest BCUT2D eigenvalue weighted by atomic mass is 32.2. The summed E-state index contributed by atoms with van der Waals surface area (Å²) in [5.41, 5.74) is 5.12. The standard InChI is InChI=1S/C11H14FN3O3S/c12-8-1-3-10(4-2-8)19(17,18)14-9-5-6-15(7-9)11(13)16/h1-4,9,14H,5-7H2,(H2,13,16). The number of likely N-dealkylation sites (tertiary alicyclic amines) is 1. The molecule has 0 aliphatic carbocycles. The van der Waals surface area contributed by atoms with Crippen LogP contribution in [0.1, 0.15) is 6.42 Å². The van der Waals surface area contributed by atoms with E-state index in [1.165, 1.54) is 17.0 Å². The van der Waals surface area contributed by atoms with E-state index in [1.54, 1.807) is 0 Å². The molecule has 1 unspecified atom stereocenters. The molecule has 8 heteroatoms. The summed E-state index contributed by atoms with van der Waals surface area (Å²) in [6, 6.07) is 3.61. The van der Waals surface area contributed by atoms with Crippen molar-refractivity contribution in [3.05, 3.63) is 30.1 Å². The summed E-state index contributed by atoms with van der Waals surface area (Å²) < 4.78 is 39.2. The number of sulfonamides is 1. The third-order valence-electron chi connectivity index (χ3n) is 2.95. The van der Waals surface area contributed by atoms with Crippen molar-refractivity contribution >= 4 is 16.1 Å². The third kappa shape index (κ3) is 3.21. The van der Waals surface area contributed by atoms with Crippen LogP contribution in [0, 0.1) is 5.82 Å². The molecule has 1 aliphatic rings. The van der Waals surface area contributed by atoms with Crippen LogP contribution in [-0.4, -0.2) is 38.5 Å². The van der Waals surface area contributed by atoms with Crippen molar-refractivity contribution in [3.8, 4) is 0 Å². The number of hydrogen-bond acceptors (Lipinski definition) is 3. The van der Waals surface area contributed by atoms with Crippen molar-refractivity contribution in [1.29, 1.82) is 0 Å². The van der Waals surface area contributed by atoms with Gasteiger partial charge in [0, 0.05) is 19.1 Å². The summed E-state index contributed by atoms with van der Waals surface area (Å²) in [5.74, 6) is -0.500. The second kappa shape index (κ2) is 5.14. The Morgan fingerprint density at radius 2 is 2.00 bits per heavy atom. The van der Waals surface area contributed by atoms with Crippen molar-refractivity contribution in [2.45, 2.75) is 17.4 Å². The van der Waals surface area contributed by atoms with Crippen LogP contribution in [0.3, 0.4) is 0 Å². The largest absolute Gasteiger partial charge is 0.351 e. The minimum atomic E-state index is -3.71. The van der Waals surface area contributed by atoms with Crippen LogP contribution in [-0.2, 0) is 10.0 Å². The Balaban J connectivity index is 2.06. The number of nitrogens with zero attached hydrogens (tertiary/aromatic N) is 1. The van der Waals surface area contributed by atoms with E-state index in [0.717, 1.165) is 12.1 Å². The number of carbonyl (C=O) groups excluding carboxylic acids is 1. The first-order valence-corrected chi connectivity index (χ1v) is 7.19. The lowest BCUT2D eigenvalue weighted by Gasteiger charge is -2.14. The van der Waals surface area contributed by atoms with Gasteiger partial charge in [-0.3, -0.25) is 0 Å². The quantitative estimate of drug-likeness (QED) is 0.835. The number of carbonyl (C=O) groups is 1. The fourth-order valence-corrected chi connectivity index (χ4v) is 3.22. The number of hydrogen-bond donors (Lipinski definition) is 2. The fraction of sp³-hybridized carbons (Fsp3) is 0.364. The van der Waals surface area contributed by atoms with E-state index in [1.807, 2.05) is 0 Å². The molecule has 1 atom stereocenters. The number of halogens is 1. The van der Waals surface area contributed by atoms with Gasteiger partial charge in [-0.1, -0.05) is 0 Å². The lowest BCUT2D eigenvalue weighted by Crippen LogP contribution is -2.40. The molecular weight excluding hydrogens is 273 g/mol. The summed E-state index contributed by atoms with van der Waals surface area (Å²) in [4.78, 5) is 12.3. The first-order valence-electron chi connectivity index (χ1n) is 5.71. The van der Waals surface area contributed by atoms with Gasteiger partial charge in [-0.2, -0.15) is 0 Å². The molecule has 0 bridgehead atoms. The number of urea groups is 1. The molecule has 3 N–H and O–H groups in total. The van der Waals surface area contributed by atoms with Gasteiger partial charge in [-0.05, 0) is 30.7 Å².